The molecule has 0 unspecified atom stereocenters. The molecule has 0 N–H and O–H groups in total. The van der Waals surface area contributed by atoms with Crippen LogP contribution in [-0.2, 0) is 5.41 Å². The van der Waals surface area contributed by atoms with Crippen LogP contribution in [0, 0.1) is 0 Å². The standard InChI is InChI=1S/C52H36.C36H22/c1-52(2,3)43-27-40-16-14-38-25-42(26-39-15-17-41(28-43)51(40)50(38)39)36-12-9-32-10-13-37-24-34(20-21-45(37)48(32)30-36)35-11-8-33-19-22-46-44-7-5-4-6-31(44)18-23-47(46)49(33)29-35;1-3-7-29-23(5-1)13-19-33-31(29)17-15-25-9-11-27(21-35(25)33)28-12-10-26-16-18-32-30-8-4-2-6-24(30)14-20-34(32)36(26)22-28/h4-30H,1-3H3;1-22H. The maximum Gasteiger partial charge on any atom is -0.00264 e. The summed E-state index contributed by atoms with van der Waals surface area (Å²) in [6.07, 6.45) is 0. The first kappa shape index (κ1) is 50.4. The van der Waals surface area contributed by atoms with Crippen LogP contribution >= 0.6 is 0 Å². The van der Waals surface area contributed by atoms with Crippen molar-refractivity contribution in [2.24, 2.45) is 0 Å². The molecule has 0 saturated carbocycles. The maximum atomic E-state index is 2.40. The lowest BCUT2D eigenvalue weighted by molar-refractivity contribution is 0.591. The fourth-order valence-electron chi connectivity index (χ4n) is 14.8. The summed E-state index contributed by atoms with van der Waals surface area (Å²) in [7, 11) is 0. The molecule has 19 aromatic rings. The Bertz CT molecular complexity index is 5930. The van der Waals surface area contributed by atoms with Crippen LogP contribution in [0.5, 0.6) is 0 Å². The van der Waals surface area contributed by atoms with Crippen molar-refractivity contribution in [1.82, 2.24) is 0 Å². The Morgan fingerprint density at radius 3 is 0.773 bits per heavy atom. The molecule has 0 aliphatic heterocycles. The van der Waals surface area contributed by atoms with Crippen LogP contribution in [0.4, 0.5) is 0 Å². The van der Waals surface area contributed by atoms with Crippen LogP contribution in [0.15, 0.2) is 297 Å². The van der Waals surface area contributed by atoms with Crippen molar-refractivity contribution < 1.29 is 0 Å². The van der Waals surface area contributed by atoms with Crippen molar-refractivity contribution in [1.29, 1.82) is 0 Å². The van der Waals surface area contributed by atoms with Crippen LogP contribution in [-0.4, -0.2) is 0 Å². The van der Waals surface area contributed by atoms with Gasteiger partial charge in [0.25, 0.3) is 0 Å². The van der Waals surface area contributed by atoms with E-state index >= 15 is 0 Å². The van der Waals surface area contributed by atoms with E-state index in [-0.39, 0.29) is 5.41 Å². The van der Waals surface area contributed by atoms with E-state index in [1.807, 2.05) is 0 Å². The van der Waals surface area contributed by atoms with Gasteiger partial charge in [0, 0.05) is 0 Å². The van der Waals surface area contributed by atoms with Crippen molar-refractivity contribution in [3.8, 4) is 33.4 Å². The molecule has 410 valence electrons. The minimum Gasteiger partial charge on any atom is -0.0616 e. The molecule has 0 atom stereocenters. The molecule has 0 spiro atoms. The highest BCUT2D eigenvalue weighted by atomic mass is 14.2. The van der Waals surface area contributed by atoms with Crippen molar-refractivity contribution in [2.45, 2.75) is 26.2 Å². The fourth-order valence-corrected chi connectivity index (χ4v) is 14.8. The molecule has 19 rings (SSSR count). The molecule has 0 amide bonds. The summed E-state index contributed by atoms with van der Waals surface area (Å²) < 4.78 is 0. The molecular weight excluding hydrogens is 1060 g/mol. The monoisotopic (exact) mass is 1110 g/mol. The highest BCUT2D eigenvalue weighted by Crippen LogP contribution is 2.43. The predicted molar refractivity (Wildman–Crippen MR) is 384 cm³/mol. The lowest BCUT2D eigenvalue weighted by atomic mass is 9.83. The van der Waals surface area contributed by atoms with Gasteiger partial charge in [-0.1, -0.05) is 276 Å². The first-order chi connectivity index (χ1) is 43.2. The zero-order valence-corrected chi connectivity index (χ0v) is 49.3. The van der Waals surface area contributed by atoms with Gasteiger partial charge < -0.3 is 0 Å². The topological polar surface area (TPSA) is 0 Å². The van der Waals surface area contributed by atoms with E-state index in [0.29, 0.717) is 0 Å². The average Bonchev–Trinajstić information content (AvgIpc) is 2.77. The third-order valence-electron chi connectivity index (χ3n) is 19.5. The maximum absolute atomic E-state index is 2.40. The van der Waals surface area contributed by atoms with Crippen molar-refractivity contribution in [2.75, 3.05) is 0 Å². The molecule has 0 aliphatic rings. The number of hydrogen-bond acceptors (Lipinski definition) is 0. The SMILES string of the molecule is CC(C)(C)c1cc2ccc3cc(-c4ccc5ccc6cc(-c7ccc8ccc9c%10ccccc%10ccc9c8c7)ccc6c5c4)cc4ccc(c1)c2c34.c1ccc2c(c1)ccc1c3cc(-c4ccc5ccc6c7ccccc7ccc6c5c4)ccc3ccc21. The number of rotatable bonds is 3. The first-order valence-electron chi connectivity index (χ1n) is 30.9. The van der Waals surface area contributed by atoms with Crippen LogP contribution in [0.2, 0.25) is 0 Å². The molecule has 0 nitrogen and oxygen atoms in total. The fraction of sp³-hybridized carbons (Fsp3) is 0.0455. The molecule has 19 aromatic carbocycles. The third kappa shape index (κ3) is 8.06. The molecule has 0 aromatic heterocycles. The summed E-state index contributed by atoms with van der Waals surface area (Å²) >= 11 is 0. The molecule has 0 saturated heterocycles. The Morgan fingerprint density at radius 1 is 0.159 bits per heavy atom. The smallest absolute Gasteiger partial charge is 0.00264 e. The Kier molecular flexibility index (Phi) is 11.1. The Balaban J connectivity index is 0.000000141. The van der Waals surface area contributed by atoms with E-state index < -0.39 is 0 Å². The third-order valence-corrected chi connectivity index (χ3v) is 19.5. The minimum absolute atomic E-state index is 0.112. The van der Waals surface area contributed by atoms with Crippen LogP contribution in [0.3, 0.4) is 0 Å². The van der Waals surface area contributed by atoms with Crippen molar-refractivity contribution >= 4 is 151 Å². The van der Waals surface area contributed by atoms with Crippen LogP contribution < -0.4 is 0 Å². The van der Waals surface area contributed by atoms with Gasteiger partial charge in [-0.15, -0.1) is 0 Å². The summed E-state index contributed by atoms with van der Waals surface area (Å²) in [6, 6.07) is 111. The summed E-state index contributed by atoms with van der Waals surface area (Å²) in [4.78, 5) is 0. The van der Waals surface area contributed by atoms with E-state index in [1.54, 1.807) is 0 Å². The number of hydrogen-bond donors (Lipinski definition) is 0. The second kappa shape index (κ2) is 19.3. The van der Waals surface area contributed by atoms with Gasteiger partial charge in [-0.2, -0.15) is 0 Å². The normalized spacial score (nSPS) is 12.3. The highest BCUT2D eigenvalue weighted by Gasteiger charge is 2.19. The molecular formula is C88H58. The van der Waals surface area contributed by atoms with Gasteiger partial charge in [0.15, 0.2) is 0 Å². The molecule has 0 fully saturated rings. The average molecular weight is 1120 g/mol. The van der Waals surface area contributed by atoms with E-state index in [2.05, 4.69) is 318 Å². The Morgan fingerprint density at radius 2 is 0.386 bits per heavy atom. The van der Waals surface area contributed by atoms with E-state index in [9.17, 15) is 0 Å². The van der Waals surface area contributed by atoms with Gasteiger partial charge >= 0.3 is 0 Å². The Labute approximate surface area is 510 Å². The van der Waals surface area contributed by atoms with E-state index in [4.69, 9.17) is 0 Å². The molecule has 0 bridgehead atoms. The molecule has 0 aliphatic carbocycles. The van der Waals surface area contributed by atoms with Gasteiger partial charge in [0.1, 0.15) is 0 Å². The molecule has 0 heteroatoms. The first-order valence-corrected chi connectivity index (χ1v) is 30.9. The number of benzene rings is 19. The quantitative estimate of drug-likeness (QED) is 0.155. The van der Waals surface area contributed by atoms with Crippen LogP contribution in [0.25, 0.3) is 184 Å². The van der Waals surface area contributed by atoms with Crippen molar-refractivity contribution in [3.63, 3.8) is 0 Å². The second-order valence-electron chi connectivity index (χ2n) is 25.6. The minimum atomic E-state index is 0.112. The van der Waals surface area contributed by atoms with E-state index in [1.165, 1.54) is 190 Å². The lowest BCUT2D eigenvalue weighted by Gasteiger charge is -2.21. The second-order valence-corrected chi connectivity index (χ2v) is 25.6. The van der Waals surface area contributed by atoms with Gasteiger partial charge in [0.2, 0.25) is 0 Å². The van der Waals surface area contributed by atoms with Crippen molar-refractivity contribution in [3.05, 3.63) is 303 Å². The highest BCUT2D eigenvalue weighted by molar-refractivity contribution is 6.25. The molecule has 0 heterocycles. The van der Waals surface area contributed by atoms with Gasteiger partial charge in [0.05, 0.1) is 0 Å². The summed E-state index contributed by atoms with van der Waals surface area (Å²) in [6.45, 7) is 6.89. The number of fused-ring (bicyclic) bond motifs is 18. The zero-order chi connectivity index (χ0) is 58.4. The van der Waals surface area contributed by atoms with Gasteiger partial charge in [-0.3, -0.25) is 0 Å². The molecule has 0 radical (unpaired) electrons. The zero-order valence-electron chi connectivity index (χ0n) is 49.3. The largest absolute Gasteiger partial charge is 0.0616 e. The summed E-state index contributed by atoms with van der Waals surface area (Å²) in [5, 5.41) is 36.5. The Hall–Kier alpha value is -10.9. The lowest BCUT2D eigenvalue weighted by Crippen LogP contribution is -2.10. The molecule has 88 heavy (non-hydrogen) atoms. The van der Waals surface area contributed by atoms with E-state index in [0.717, 1.165) is 0 Å². The van der Waals surface area contributed by atoms with Crippen LogP contribution in [0.1, 0.15) is 26.3 Å². The summed E-state index contributed by atoms with van der Waals surface area (Å²) in [5.74, 6) is 0. The predicted octanol–water partition coefficient (Wildman–Crippen LogP) is 25.3. The van der Waals surface area contributed by atoms with Gasteiger partial charge in [-0.05, 0) is 238 Å². The van der Waals surface area contributed by atoms with Gasteiger partial charge in [-0.25, -0.2) is 0 Å². The summed E-state index contributed by atoms with van der Waals surface area (Å²) in [5.41, 5.74) is 8.99.